The minimum Gasteiger partial charge on any atom is -0.478 e. The Morgan fingerprint density at radius 2 is 1.09 bits per heavy atom. The normalized spacial score (nSPS) is 9.91. The van der Waals surface area contributed by atoms with Crippen LogP contribution in [0.1, 0.15) is 66.8 Å². The Hall–Kier alpha value is -4.06. The second-order valence-corrected chi connectivity index (χ2v) is 6.94. The number of Topliss-reactive ketones (excluding diaryl/α,β-unsaturated/α-hetero) is 2. The first-order chi connectivity index (χ1) is 15.4. The molecule has 0 aromatic heterocycles. The van der Waals surface area contributed by atoms with E-state index in [-0.39, 0.29) is 11.1 Å². The highest BCUT2D eigenvalue weighted by molar-refractivity contribution is 6.49. The van der Waals surface area contributed by atoms with Gasteiger partial charge in [-0.1, -0.05) is 80.1 Å². The third-order valence-electron chi connectivity index (χ3n) is 4.69. The number of unbranched alkanes of at least 4 members (excludes halogenated alkanes) is 1. The second kappa shape index (κ2) is 12.0. The minimum atomic E-state index is -1.23. The SMILES string of the molecule is CCCCc1ccccc1C(=O)C(=O)c1ccccc1.O=C(O)c1ccccc1C(=O)O. The fourth-order valence-electron chi connectivity index (χ4n) is 3.03. The number of aromatic carboxylic acids is 2. The number of carbonyl (C=O) groups is 4. The zero-order valence-corrected chi connectivity index (χ0v) is 17.7. The number of aryl methyl sites for hydroxylation is 1. The zero-order valence-electron chi connectivity index (χ0n) is 17.7. The molecule has 0 heterocycles. The van der Waals surface area contributed by atoms with Gasteiger partial charge >= 0.3 is 11.9 Å². The van der Waals surface area contributed by atoms with Gasteiger partial charge in [0.2, 0.25) is 11.6 Å². The molecule has 2 N–H and O–H groups in total. The lowest BCUT2D eigenvalue weighted by Gasteiger charge is -2.07. The van der Waals surface area contributed by atoms with Crippen molar-refractivity contribution in [3.05, 3.63) is 107 Å². The molecule has 0 fully saturated rings. The van der Waals surface area contributed by atoms with Gasteiger partial charge in [0.05, 0.1) is 11.1 Å². The number of carboxylic acid groups (broad SMARTS) is 2. The van der Waals surface area contributed by atoms with Crippen LogP contribution in [0.3, 0.4) is 0 Å². The van der Waals surface area contributed by atoms with Gasteiger partial charge in [0.15, 0.2) is 0 Å². The Kier molecular flexibility index (Phi) is 9.05. The number of carbonyl (C=O) groups excluding carboxylic acids is 2. The maximum absolute atomic E-state index is 12.4. The van der Waals surface area contributed by atoms with Gasteiger partial charge in [0.25, 0.3) is 0 Å². The van der Waals surface area contributed by atoms with Crippen LogP contribution in [0.2, 0.25) is 0 Å². The van der Waals surface area contributed by atoms with Crippen molar-refractivity contribution in [2.75, 3.05) is 0 Å². The van der Waals surface area contributed by atoms with E-state index in [4.69, 9.17) is 10.2 Å². The van der Waals surface area contributed by atoms with Crippen LogP contribution < -0.4 is 0 Å². The van der Waals surface area contributed by atoms with E-state index in [0.29, 0.717) is 11.1 Å². The lowest BCUT2D eigenvalue weighted by atomic mass is 9.95. The van der Waals surface area contributed by atoms with E-state index in [9.17, 15) is 19.2 Å². The van der Waals surface area contributed by atoms with Crippen molar-refractivity contribution < 1.29 is 29.4 Å². The highest BCUT2D eigenvalue weighted by Gasteiger charge is 2.20. The Bertz CT molecular complexity index is 1070. The predicted molar refractivity (Wildman–Crippen MR) is 121 cm³/mol. The van der Waals surface area contributed by atoms with E-state index < -0.39 is 23.5 Å². The molecule has 0 aliphatic heterocycles. The molecule has 6 nitrogen and oxygen atoms in total. The van der Waals surface area contributed by atoms with E-state index in [0.717, 1.165) is 24.8 Å². The Morgan fingerprint density at radius 1 is 0.625 bits per heavy atom. The zero-order chi connectivity index (χ0) is 23.5. The molecule has 0 aliphatic carbocycles. The van der Waals surface area contributed by atoms with Gasteiger partial charge in [-0.15, -0.1) is 0 Å². The van der Waals surface area contributed by atoms with Gasteiger partial charge in [-0.05, 0) is 30.5 Å². The average molecular weight is 432 g/mol. The van der Waals surface area contributed by atoms with Crippen molar-refractivity contribution in [1.29, 1.82) is 0 Å². The van der Waals surface area contributed by atoms with Crippen molar-refractivity contribution in [3.63, 3.8) is 0 Å². The van der Waals surface area contributed by atoms with Crippen LogP contribution in [0.5, 0.6) is 0 Å². The summed E-state index contributed by atoms with van der Waals surface area (Å²) in [6.45, 7) is 2.11. The van der Waals surface area contributed by atoms with Crippen molar-refractivity contribution in [2.24, 2.45) is 0 Å². The van der Waals surface area contributed by atoms with E-state index in [1.807, 2.05) is 18.2 Å². The number of hydrogen-bond donors (Lipinski definition) is 2. The quantitative estimate of drug-likeness (QED) is 0.375. The van der Waals surface area contributed by atoms with Crippen LogP contribution >= 0.6 is 0 Å². The smallest absolute Gasteiger partial charge is 0.336 e. The molecule has 0 saturated heterocycles. The first-order valence-electron chi connectivity index (χ1n) is 10.1. The van der Waals surface area contributed by atoms with Crippen molar-refractivity contribution in [1.82, 2.24) is 0 Å². The topological polar surface area (TPSA) is 109 Å². The Labute approximate surface area is 186 Å². The summed E-state index contributed by atoms with van der Waals surface area (Å²) in [7, 11) is 0. The van der Waals surface area contributed by atoms with Crippen molar-refractivity contribution in [3.8, 4) is 0 Å². The second-order valence-electron chi connectivity index (χ2n) is 6.94. The molecule has 3 rings (SSSR count). The van der Waals surface area contributed by atoms with E-state index >= 15 is 0 Å². The monoisotopic (exact) mass is 432 g/mol. The first-order valence-corrected chi connectivity index (χ1v) is 10.1. The Balaban J connectivity index is 0.000000258. The van der Waals surface area contributed by atoms with E-state index in [1.165, 1.54) is 24.3 Å². The summed E-state index contributed by atoms with van der Waals surface area (Å²) in [5.41, 5.74) is 1.57. The number of rotatable bonds is 8. The third-order valence-corrected chi connectivity index (χ3v) is 4.69. The fraction of sp³-hybridized carbons (Fsp3) is 0.154. The summed E-state index contributed by atoms with van der Waals surface area (Å²) in [6.07, 6.45) is 2.92. The Morgan fingerprint density at radius 3 is 1.59 bits per heavy atom. The molecule has 164 valence electrons. The van der Waals surface area contributed by atoms with Crippen LogP contribution in [0, 0.1) is 0 Å². The van der Waals surface area contributed by atoms with Crippen molar-refractivity contribution in [2.45, 2.75) is 26.2 Å². The van der Waals surface area contributed by atoms with Gasteiger partial charge < -0.3 is 10.2 Å². The molecule has 0 amide bonds. The molecule has 0 unspecified atom stereocenters. The molecule has 0 saturated carbocycles. The predicted octanol–water partition coefficient (Wildman–Crippen LogP) is 5.18. The molecular weight excluding hydrogens is 408 g/mol. The standard InChI is InChI=1S/C18H18O2.C8H6O4/c1-2-3-9-14-10-7-8-13-16(14)18(20)17(19)15-11-5-4-6-12-15;9-7(10)5-3-1-2-4-6(5)8(11)12/h4-8,10-13H,2-3,9H2,1H3;1-4H,(H,9,10)(H,11,12). The van der Waals surface area contributed by atoms with E-state index in [1.54, 1.807) is 36.4 Å². The van der Waals surface area contributed by atoms with Gasteiger partial charge in [0.1, 0.15) is 0 Å². The van der Waals surface area contributed by atoms with Gasteiger partial charge in [0, 0.05) is 11.1 Å². The average Bonchev–Trinajstić information content (AvgIpc) is 2.83. The molecule has 0 radical (unpaired) electrons. The number of ketones is 2. The third kappa shape index (κ3) is 6.47. The van der Waals surface area contributed by atoms with Crippen molar-refractivity contribution >= 4 is 23.5 Å². The molecular formula is C26H24O6. The summed E-state index contributed by atoms with van der Waals surface area (Å²) in [5.74, 6) is -3.31. The maximum Gasteiger partial charge on any atom is 0.336 e. The molecule has 0 aliphatic rings. The highest BCUT2D eigenvalue weighted by Crippen LogP contribution is 2.15. The van der Waals surface area contributed by atoms with E-state index in [2.05, 4.69) is 6.92 Å². The number of carboxylic acids is 2. The molecule has 32 heavy (non-hydrogen) atoms. The van der Waals surface area contributed by atoms with Crippen LogP contribution in [0.15, 0.2) is 78.9 Å². The molecule has 3 aromatic carbocycles. The van der Waals surface area contributed by atoms with Crippen LogP contribution in [0.4, 0.5) is 0 Å². The van der Waals surface area contributed by atoms with Gasteiger partial charge in [-0.2, -0.15) is 0 Å². The summed E-state index contributed by atoms with van der Waals surface area (Å²) in [5, 5.41) is 17.1. The number of benzene rings is 3. The molecule has 6 heteroatoms. The number of hydrogen-bond acceptors (Lipinski definition) is 4. The largest absolute Gasteiger partial charge is 0.478 e. The summed E-state index contributed by atoms with van der Waals surface area (Å²) < 4.78 is 0. The molecule has 0 atom stereocenters. The summed E-state index contributed by atoms with van der Waals surface area (Å²) in [6, 6.07) is 21.6. The maximum atomic E-state index is 12.4. The lowest BCUT2D eigenvalue weighted by molar-refractivity contribution is 0.0651. The molecule has 0 bridgehead atoms. The summed E-state index contributed by atoms with van der Waals surface area (Å²) >= 11 is 0. The van der Waals surface area contributed by atoms with Crippen LogP contribution in [-0.4, -0.2) is 33.7 Å². The van der Waals surface area contributed by atoms with Gasteiger partial charge in [-0.25, -0.2) is 9.59 Å². The first kappa shape index (κ1) is 24.2. The van der Waals surface area contributed by atoms with Crippen LogP contribution in [0.25, 0.3) is 0 Å². The van der Waals surface area contributed by atoms with Crippen LogP contribution in [-0.2, 0) is 6.42 Å². The van der Waals surface area contributed by atoms with Gasteiger partial charge in [-0.3, -0.25) is 9.59 Å². The fourth-order valence-corrected chi connectivity index (χ4v) is 3.03. The molecule has 3 aromatic rings. The molecule has 0 spiro atoms. The minimum absolute atomic E-state index is 0.190. The highest BCUT2D eigenvalue weighted by atomic mass is 16.4. The summed E-state index contributed by atoms with van der Waals surface area (Å²) in [4.78, 5) is 45.5. The lowest BCUT2D eigenvalue weighted by Crippen LogP contribution is -2.16.